The number of rotatable bonds is 9. The van der Waals surface area contributed by atoms with E-state index in [1.54, 1.807) is 36.4 Å². The van der Waals surface area contributed by atoms with Gasteiger partial charge in [-0.1, -0.05) is 24.3 Å². The lowest BCUT2D eigenvalue weighted by atomic mass is 10.2. The van der Waals surface area contributed by atoms with E-state index in [9.17, 15) is 14.0 Å². The SMILES string of the molecule is COc1cc(CN(CCNC(=O)O)C(N)=O)ccc1OCc1ccccc1F. The zero-order valence-corrected chi connectivity index (χ0v) is 15.4. The van der Waals surface area contributed by atoms with E-state index in [4.69, 9.17) is 20.3 Å². The summed E-state index contributed by atoms with van der Waals surface area (Å²) in [6, 6.07) is 10.7. The van der Waals surface area contributed by atoms with Gasteiger partial charge in [-0.2, -0.15) is 0 Å². The predicted octanol–water partition coefficient (Wildman–Crippen LogP) is 2.56. The number of nitrogens with two attached hydrogens (primary N) is 1. The summed E-state index contributed by atoms with van der Waals surface area (Å²) in [5, 5.41) is 10.8. The molecule has 0 atom stereocenters. The van der Waals surface area contributed by atoms with E-state index in [0.29, 0.717) is 22.6 Å². The minimum absolute atomic E-state index is 0.0383. The van der Waals surface area contributed by atoms with Crippen LogP contribution in [-0.2, 0) is 13.2 Å². The molecule has 2 rings (SSSR count). The van der Waals surface area contributed by atoms with Gasteiger partial charge in [0.15, 0.2) is 11.5 Å². The fourth-order valence-corrected chi connectivity index (χ4v) is 2.49. The molecular weight excluding hydrogens is 369 g/mol. The molecule has 2 aromatic rings. The molecule has 0 radical (unpaired) electrons. The molecule has 0 heterocycles. The number of nitrogens with zero attached hydrogens (tertiary/aromatic N) is 1. The number of hydrogen-bond acceptors (Lipinski definition) is 4. The number of carboxylic acid groups (broad SMARTS) is 1. The van der Waals surface area contributed by atoms with Crippen molar-refractivity contribution in [2.75, 3.05) is 20.2 Å². The van der Waals surface area contributed by atoms with Crippen LogP contribution >= 0.6 is 0 Å². The molecule has 0 saturated carbocycles. The Morgan fingerprint density at radius 3 is 2.61 bits per heavy atom. The second kappa shape index (κ2) is 10.0. The van der Waals surface area contributed by atoms with E-state index in [-0.39, 0.29) is 32.1 Å². The molecule has 4 N–H and O–H groups in total. The normalized spacial score (nSPS) is 10.2. The summed E-state index contributed by atoms with van der Waals surface area (Å²) in [5.41, 5.74) is 6.48. The smallest absolute Gasteiger partial charge is 0.404 e. The molecule has 0 aliphatic carbocycles. The van der Waals surface area contributed by atoms with Crippen molar-refractivity contribution in [3.05, 3.63) is 59.4 Å². The molecule has 0 unspecified atom stereocenters. The number of benzene rings is 2. The van der Waals surface area contributed by atoms with Crippen molar-refractivity contribution >= 4 is 12.1 Å². The third-order valence-corrected chi connectivity index (χ3v) is 3.91. The second-order valence-electron chi connectivity index (χ2n) is 5.86. The van der Waals surface area contributed by atoms with Crippen LogP contribution in [0.4, 0.5) is 14.0 Å². The van der Waals surface area contributed by atoms with Crippen LogP contribution in [0.25, 0.3) is 0 Å². The van der Waals surface area contributed by atoms with E-state index in [2.05, 4.69) is 5.32 Å². The van der Waals surface area contributed by atoms with Gasteiger partial charge in [0, 0.05) is 25.2 Å². The molecule has 0 spiro atoms. The number of urea groups is 1. The van der Waals surface area contributed by atoms with Gasteiger partial charge in [0.1, 0.15) is 12.4 Å². The van der Waals surface area contributed by atoms with Gasteiger partial charge >= 0.3 is 12.1 Å². The van der Waals surface area contributed by atoms with Gasteiger partial charge < -0.3 is 30.5 Å². The average Bonchev–Trinajstić information content (AvgIpc) is 2.66. The van der Waals surface area contributed by atoms with E-state index in [1.165, 1.54) is 18.1 Å². The molecule has 0 fully saturated rings. The molecule has 28 heavy (non-hydrogen) atoms. The van der Waals surface area contributed by atoms with Crippen LogP contribution < -0.4 is 20.5 Å². The topological polar surface area (TPSA) is 114 Å². The van der Waals surface area contributed by atoms with Crippen molar-refractivity contribution in [2.24, 2.45) is 5.73 Å². The van der Waals surface area contributed by atoms with Gasteiger partial charge in [0.25, 0.3) is 0 Å². The minimum Gasteiger partial charge on any atom is -0.493 e. The van der Waals surface area contributed by atoms with Crippen molar-refractivity contribution in [1.82, 2.24) is 10.2 Å². The van der Waals surface area contributed by atoms with Crippen LogP contribution in [0.2, 0.25) is 0 Å². The van der Waals surface area contributed by atoms with Crippen LogP contribution in [0.15, 0.2) is 42.5 Å². The lowest BCUT2D eigenvalue weighted by Crippen LogP contribution is -2.40. The summed E-state index contributed by atoms with van der Waals surface area (Å²) < 4.78 is 24.7. The first-order chi connectivity index (χ1) is 13.4. The molecule has 0 aliphatic heterocycles. The summed E-state index contributed by atoms with van der Waals surface area (Å²) in [6.07, 6.45) is -1.18. The maximum Gasteiger partial charge on any atom is 0.404 e. The average molecular weight is 391 g/mol. The summed E-state index contributed by atoms with van der Waals surface area (Å²) in [4.78, 5) is 23.4. The lowest BCUT2D eigenvalue weighted by Gasteiger charge is -2.21. The van der Waals surface area contributed by atoms with Gasteiger partial charge in [-0.3, -0.25) is 0 Å². The largest absolute Gasteiger partial charge is 0.493 e. The van der Waals surface area contributed by atoms with Crippen LogP contribution in [0.5, 0.6) is 11.5 Å². The highest BCUT2D eigenvalue weighted by atomic mass is 19.1. The van der Waals surface area contributed by atoms with Gasteiger partial charge in [-0.15, -0.1) is 0 Å². The van der Waals surface area contributed by atoms with Crippen LogP contribution in [0.3, 0.4) is 0 Å². The second-order valence-corrected chi connectivity index (χ2v) is 5.86. The Balaban J connectivity index is 2.05. The van der Waals surface area contributed by atoms with Crippen molar-refractivity contribution in [3.8, 4) is 11.5 Å². The van der Waals surface area contributed by atoms with E-state index < -0.39 is 12.1 Å². The third kappa shape index (κ3) is 6.04. The van der Waals surface area contributed by atoms with Gasteiger partial charge in [-0.05, 0) is 23.8 Å². The zero-order valence-electron chi connectivity index (χ0n) is 15.4. The Morgan fingerprint density at radius 2 is 1.96 bits per heavy atom. The molecule has 0 aromatic heterocycles. The Hall–Kier alpha value is -3.49. The van der Waals surface area contributed by atoms with Crippen LogP contribution in [0, 0.1) is 5.82 Å². The zero-order chi connectivity index (χ0) is 20.5. The number of nitrogens with one attached hydrogen (secondary N) is 1. The Kier molecular flexibility index (Phi) is 7.44. The van der Waals surface area contributed by atoms with E-state index in [1.807, 2.05) is 0 Å². The van der Waals surface area contributed by atoms with Gasteiger partial charge in [0.05, 0.1) is 7.11 Å². The lowest BCUT2D eigenvalue weighted by molar-refractivity contribution is 0.187. The number of halogens is 1. The molecule has 2 aromatic carbocycles. The molecule has 8 nitrogen and oxygen atoms in total. The molecule has 3 amide bonds. The molecule has 9 heteroatoms. The van der Waals surface area contributed by atoms with Gasteiger partial charge in [0.2, 0.25) is 0 Å². The number of primary amides is 1. The molecule has 0 bridgehead atoms. The van der Waals surface area contributed by atoms with Crippen molar-refractivity contribution < 1.29 is 28.6 Å². The quantitative estimate of drug-likeness (QED) is 0.608. The summed E-state index contributed by atoms with van der Waals surface area (Å²) in [7, 11) is 1.47. The number of amides is 3. The monoisotopic (exact) mass is 391 g/mol. The number of hydrogen-bond donors (Lipinski definition) is 3. The molecule has 0 saturated heterocycles. The van der Waals surface area contributed by atoms with Crippen molar-refractivity contribution in [2.45, 2.75) is 13.2 Å². The fourth-order valence-electron chi connectivity index (χ4n) is 2.49. The predicted molar refractivity (Wildman–Crippen MR) is 99.7 cm³/mol. The van der Waals surface area contributed by atoms with Crippen LogP contribution in [0.1, 0.15) is 11.1 Å². The Morgan fingerprint density at radius 1 is 1.21 bits per heavy atom. The summed E-state index contributed by atoms with van der Waals surface area (Å²) >= 11 is 0. The Labute approximate surface area is 161 Å². The summed E-state index contributed by atoms with van der Waals surface area (Å²) in [5.74, 6) is 0.486. The first-order valence-corrected chi connectivity index (χ1v) is 8.45. The van der Waals surface area contributed by atoms with Crippen LogP contribution in [-0.4, -0.2) is 42.3 Å². The van der Waals surface area contributed by atoms with Gasteiger partial charge in [-0.25, -0.2) is 14.0 Å². The molecular formula is C19H22FN3O5. The highest BCUT2D eigenvalue weighted by Crippen LogP contribution is 2.29. The number of carbonyl (C=O) groups excluding carboxylic acids is 1. The van der Waals surface area contributed by atoms with Crippen molar-refractivity contribution in [1.29, 1.82) is 0 Å². The Bertz CT molecular complexity index is 831. The maximum atomic E-state index is 13.7. The number of methoxy groups -OCH3 is 1. The summed E-state index contributed by atoms with van der Waals surface area (Å²) in [6.45, 7) is 0.381. The molecule has 0 aliphatic rings. The highest BCUT2D eigenvalue weighted by Gasteiger charge is 2.13. The van der Waals surface area contributed by atoms with Crippen molar-refractivity contribution in [3.63, 3.8) is 0 Å². The van der Waals surface area contributed by atoms with E-state index in [0.717, 1.165) is 0 Å². The fraction of sp³-hybridized carbons (Fsp3) is 0.263. The first kappa shape index (κ1) is 20.8. The minimum atomic E-state index is -1.18. The first-order valence-electron chi connectivity index (χ1n) is 8.45. The van der Waals surface area contributed by atoms with E-state index >= 15 is 0 Å². The maximum absolute atomic E-state index is 13.7. The number of ether oxygens (including phenoxy) is 2. The highest BCUT2D eigenvalue weighted by molar-refractivity contribution is 5.72. The molecule has 150 valence electrons. The standard InChI is InChI=1S/C19H22FN3O5/c1-27-17-10-13(11-23(18(21)24)9-8-22-19(25)26)6-7-16(17)28-12-14-4-2-3-5-15(14)20/h2-7,10,22H,8-9,11-12H2,1H3,(H2,21,24)(H,25,26). The number of carbonyl (C=O) groups is 2. The third-order valence-electron chi connectivity index (χ3n) is 3.91.